The summed E-state index contributed by atoms with van der Waals surface area (Å²) in [5.74, 6) is 0.935. The molecule has 2 fully saturated rings. The highest BCUT2D eigenvalue weighted by atomic mass is 16.2. The van der Waals surface area contributed by atoms with Gasteiger partial charge in [-0.3, -0.25) is 14.4 Å². The van der Waals surface area contributed by atoms with Crippen LogP contribution in [0.4, 0.5) is 0 Å². The first-order valence-corrected chi connectivity index (χ1v) is 11.3. The summed E-state index contributed by atoms with van der Waals surface area (Å²) in [5.41, 5.74) is 2.34. The number of likely N-dealkylation sites (tertiary alicyclic amines) is 1. The fourth-order valence-electron chi connectivity index (χ4n) is 4.77. The topological polar surface area (TPSA) is 86.4 Å². The van der Waals surface area contributed by atoms with Gasteiger partial charge in [0.1, 0.15) is 5.82 Å². The van der Waals surface area contributed by atoms with Crippen molar-refractivity contribution < 1.29 is 9.59 Å². The summed E-state index contributed by atoms with van der Waals surface area (Å²) in [6, 6.07) is 9.81. The molecule has 2 aliphatic heterocycles. The van der Waals surface area contributed by atoms with Gasteiger partial charge in [0, 0.05) is 37.0 Å². The van der Waals surface area contributed by atoms with E-state index in [1.54, 1.807) is 0 Å². The maximum absolute atomic E-state index is 13.0. The second kappa shape index (κ2) is 7.94. The molecule has 5 rings (SSSR count). The molecule has 1 saturated heterocycles. The molecule has 2 aromatic rings. The molecule has 2 amide bonds. The van der Waals surface area contributed by atoms with E-state index >= 15 is 0 Å². The third-order valence-corrected chi connectivity index (χ3v) is 6.89. The number of nitrogens with one attached hydrogen (secondary N) is 1. The van der Waals surface area contributed by atoms with Crippen molar-refractivity contribution in [3.05, 3.63) is 63.3 Å². The second-order valence-electron chi connectivity index (χ2n) is 9.06. The molecule has 7 nitrogen and oxygen atoms in total. The Kier molecular flexibility index (Phi) is 5.12. The van der Waals surface area contributed by atoms with Crippen molar-refractivity contribution in [1.29, 1.82) is 0 Å². The van der Waals surface area contributed by atoms with Crippen molar-refractivity contribution in [1.82, 2.24) is 19.8 Å². The van der Waals surface area contributed by atoms with Crippen molar-refractivity contribution in [2.75, 3.05) is 19.6 Å². The normalized spacial score (nSPS) is 21.6. The molecular formula is C24H28N4O3. The standard InChI is InChI=1S/C24H28N4O3/c1-15(16-5-3-2-4-6-16)23(30)27-11-9-18(13-27)21-25-20-14-28(24(31)17-7-8-17)12-10-19(20)22(29)26-21/h2-6,15,17-18H,7-14H2,1H3,(H,25,26,29). The van der Waals surface area contributed by atoms with Gasteiger partial charge >= 0.3 is 0 Å². The first-order valence-electron chi connectivity index (χ1n) is 11.3. The molecule has 31 heavy (non-hydrogen) atoms. The van der Waals surface area contributed by atoms with E-state index in [2.05, 4.69) is 4.98 Å². The first-order chi connectivity index (χ1) is 15.0. The predicted octanol–water partition coefficient (Wildman–Crippen LogP) is 2.18. The molecule has 1 saturated carbocycles. The third-order valence-electron chi connectivity index (χ3n) is 6.89. The van der Waals surface area contributed by atoms with E-state index in [-0.39, 0.29) is 35.1 Å². The predicted molar refractivity (Wildman–Crippen MR) is 115 cm³/mol. The van der Waals surface area contributed by atoms with Crippen molar-refractivity contribution in [3.8, 4) is 0 Å². The van der Waals surface area contributed by atoms with Crippen LogP contribution >= 0.6 is 0 Å². The van der Waals surface area contributed by atoms with Crippen LogP contribution in [0.15, 0.2) is 35.1 Å². The second-order valence-corrected chi connectivity index (χ2v) is 9.06. The summed E-state index contributed by atoms with van der Waals surface area (Å²) < 4.78 is 0. The minimum Gasteiger partial charge on any atom is -0.341 e. The van der Waals surface area contributed by atoms with Gasteiger partial charge in [-0.25, -0.2) is 4.98 Å². The van der Waals surface area contributed by atoms with E-state index < -0.39 is 0 Å². The van der Waals surface area contributed by atoms with Crippen LogP contribution < -0.4 is 5.56 Å². The van der Waals surface area contributed by atoms with Crippen LogP contribution in [-0.4, -0.2) is 51.2 Å². The number of aromatic nitrogens is 2. The molecule has 1 aliphatic carbocycles. The Morgan fingerprint density at radius 2 is 1.87 bits per heavy atom. The van der Waals surface area contributed by atoms with Crippen LogP contribution in [-0.2, 0) is 22.6 Å². The quantitative estimate of drug-likeness (QED) is 0.822. The van der Waals surface area contributed by atoms with Gasteiger partial charge in [-0.15, -0.1) is 0 Å². The molecular weight excluding hydrogens is 392 g/mol. The zero-order chi connectivity index (χ0) is 21.5. The number of rotatable bonds is 4. The van der Waals surface area contributed by atoms with Gasteiger partial charge in [-0.05, 0) is 38.2 Å². The lowest BCUT2D eigenvalue weighted by Crippen LogP contribution is -2.40. The average molecular weight is 421 g/mol. The molecule has 0 spiro atoms. The van der Waals surface area contributed by atoms with E-state index in [0.717, 1.165) is 30.5 Å². The number of benzene rings is 1. The molecule has 3 aliphatic rings. The zero-order valence-corrected chi connectivity index (χ0v) is 17.8. The number of H-pyrrole nitrogens is 1. The fraction of sp³-hybridized carbons (Fsp3) is 0.500. The lowest BCUT2D eigenvalue weighted by molar-refractivity contribution is -0.133. The van der Waals surface area contributed by atoms with Crippen molar-refractivity contribution in [2.45, 2.75) is 51.0 Å². The van der Waals surface area contributed by atoms with Crippen LogP contribution in [0.3, 0.4) is 0 Å². The summed E-state index contributed by atoms with van der Waals surface area (Å²) in [7, 11) is 0. The number of hydrogen-bond acceptors (Lipinski definition) is 4. The van der Waals surface area contributed by atoms with Crippen LogP contribution in [0.1, 0.15) is 60.7 Å². The highest BCUT2D eigenvalue weighted by Gasteiger charge is 2.36. The molecule has 2 unspecified atom stereocenters. The molecule has 1 aromatic heterocycles. The Labute approximate surface area is 181 Å². The van der Waals surface area contributed by atoms with Crippen LogP contribution in [0.25, 0.3) is 0 Å². The van der Waals surface area contributed by atoms with E-state index in [0.29, 0.717) is 44.0 Å². The number of nitrogens with zero attached hydrogens (tertiary/aromatic N) is 3. The Bertz CT molecular complexity index is 1060. The van der Waals surface area contributed by atoms with Gasteiger partial charge in [0.05, 0.1) is 18.2 Å². The molecule has 3 heterocycles. The Hall–Kier alpha value is -2.96. The molecule has 162 valence electrons. The van der Waals surface area contributed by atoms with Gasteiger partial charge in [0.25, 0.3) is 5.56 Å². The van der Waals surface area contributed by atoms with Crippen LogP contribution in [0, 0.1) is 5.92 Å². The van der Waals surface area contributed by atoms with Gasteiger partial charge in [-0.1, -0.05) is 30.3 Å². The number of aromatic amines is 1. The van der Waals surface area contributed by atoms with Gasteiger partial charge in [-0.2, -0.15) is 0 Å². The van der Waals surface area contributed by atoms with Crippen molar-refractivity contribution >= 4 is 11.8 Å². The van der Waals surface area contributed by atoms with Crippen molar-refractivity contribution in [3.63, 3.8) is 0 Å². The lowest BCUT2D eigenvalue weighted by Gasteiger charge is -2.28. The van der Waals surface area contributed by atoms with Crippen LogP contribution in [0.5, 0.6) is 0 Å². The Morgan fingerprint density at radius 1 is 1.10 bits per heavy atom. The summed E-state index contributed by atoms with van der Waals surface area (Å²) in [6.45, 7) is 4.17. The number of amides is 2. The summed E-state index contributed by atoms with van der Waals surface area (Å²) in [5, 5.41) is 0. The highest BCUT2D eigenvalue weighted by Crippen LogP contribution is 2.33. The smallest absolute Gasteiger partial charge is 0.254 e. The summed E-state index contributed by atoms with van der Waals surface area (Å²) >= 11 is 0. The minimum absolute atomic E-state index is 0.0134. The van der Waals surface area contributed by atoms with E-state index in [4.69, 9.17) is 4.98 Å². The number of hydrogen-bond donors (Lipinski definition) is 1. The minimum atomic E-state index is -0.197. The Morgan fingerprint density at radius 3 is 2.61 bits per heavy atom. The number of carbonyl (C=O) groups is 2. The average Bonchev–Trinajstić information content (AvgIpc) is 3.53. The maximum atomic E-state index is 13.0. The molecule has 0 radical (unpaired) electrons. The van der Waals surface area contributed by atoms with E-state index in [1.807, 2.05) is 47.1 Å². The monoisotopic (exact) mass is 420 g/mol. The molecule has 2 atom stereocenters. The molecule has 0 bridgehead atoms. The SMILES string of the molecule is CC(C(=O)N1CCC(c2nc3c(c(=O)[nH]2)CCN(C(=O)C2CC2)C3)C1)c1ccccc1. The summed E-state index contributed by atoms with van der Waals surface area (Å²) in [4.78, 5) is 49.6. The fourth-order valence-corrected chi connectivity index (χ4v) is 4.77. The number of fused-ring (bicyclic) bond motifs is 1. The van der Waals surface area contributed by atoms with Crippen LogP contribution in [0.2, 0.25) is 0 Å². The van der Waals surface area contributed by atoms with Gasteiger partial charge < -0.3 is 14.8 Å². The lowest BCUT2D eigenvalue weighted by atomic mass is 10.00. The van der Waals surface area contributed by atoms with Gasteiger partial charge in [0.15, 0.2) is 0 Å². The van der Waals surface area contributed by atoms with Crippen molar-refractivity contribution in [2.24, 2.45) is 5.92 Å². The van der Waals surface area contributed by atoms with E-state index in [9.17, 15) is 14.4 Å². The highest BCUT2D eigenvalue weighted by molar-refractivity contribution is 5.83. The molecule has 1 aromatic carbocycles. The number of carbonyl (C=O) groups excluding carboxylic acids is 2. The largest absolute Gasteiger partial charge is 0.341 e. The summed E-state index contributed by atoms with van der Waals surface area (Å²) in [6.07, 6.45) is 3.28. The maximum Gasteiger partial charge on any atom is 0.254 e. The zero-order valence-electron chi connectivity index (χ0n) is 17.8. The first kappa shape index (κ1) is 20.0. The van der Waals surface area contributed by atoms with E-state index in [1.165, 1.54) is 0 Å². The Balaban J connectivity index is 1.31. The molecule has 1 N–H and O–H groups in total. The third kappa shape index (κ3) is 3.89. The van der Waals surface area contributed by atoms with Gasteiger partial charge in [0.2, 0.25) is 11.8 Å². The molecule has 7 heteroatoms.